The molecule has 3 rings (SSSR count). The van der Waals surface area contributed by atoms with Crippen LogP contribution in [-0.4, -0.2) is 20.1 Å². The maximum atomic E-state index is 14.0. The number of halogens is 4. The van der Waals surface area contributed by atoms with E-state index in [1.165, 1.54) is 18.2 Å². The number of carbonyl (C=O) groups is 1. The molecule has 0 fully saturated rings. The first-order valence-corrected chi connectivity index (χ1v) is 12.6. The van der Waals surface area contributed by atoms with Gasteiger partial charge in [-0.25, -0.2) is 12.8 Å². The van der Waals surface area contributed by atoms with Crippen molar-refractivity contribution in [3.63, 3.8) is 0 Å². The van der Waals surface area contributed by atoms with Gasteiger partial charge in [0.2, 0.25) is 5.91 Å². The van der Waals surface area contributed by atoms with E-state index in [0.717, 1.165) is 6.07 Å². The van der Waals surface area contributed by atoms with Gasteiger partial charge in [0.1, 0.15) is 17.2 Å². The van der Waals surface area contributed by atoms with E-state index in [9.17, 15) is 30.8 Å². The molecule has 0 atom stereocenters. The minimum Gasteiger partial charge on any atom is -0.483 e. The lowest BCUT2D eigenvalue weighted by molar-refractivity contribution is -0.140. The van der Waals surface area contributed by atoms with E-state index < -0.39 is 33.0 Å². The number of sulfone groups is 1. The Morgan fingerprint density at radius 3 is 2.08 bits per heavy atom. The van der Waals surface area contributed by atoms with E-state index in [0.29, 0.717) is 23.1 Å². The summed E-state index contributed by atoms with van der Waals surface area (Å²) in [6, 6.07) is 15.1. The Bertz CT molecular complexity index is 1330. The number of hydrogen-bond acceptors (Lipinski definition) is 4. The highest BCUT2D eigenvalue weighted by Crippen LogP contribution is 2.35. The number of amides is 1. The summed E-state index contributed by atoms with van der Waals surface area (Å²) in [5.41, 5.74) is -1.12. The van der Waals surface area contributed by atoms with E-state index in [2.05, 4.69) is 5.32 Å². The molecular weight excluding hydrogens is 498 g/mol. The molecule has 0 aromatic heterocycles. The number of hydrogen-bond donors (Lipinski definition) is 1. The molecule has 0 bridgehead atoms. The van der Waals surface area contributed by atoms with Crippen molar-refractivity contribution < 1.29 is 35.5 Å². The SMILES string of the molecule is CCS(=O)(=O)c1ccc(CC(=O)Nc2ccc(OC(C)(C)c3ccc(C(F)(F)F)c(F)c3)cc2)cc1. The third kappa shape index (κ3) is 6.63. The summed E-state index contributed by atoms with van der Waals surface area (Å²) < 4.78 is 82.1. The Hall–Kier alpha value is -3.40. The molecule has 36 heavy (non-hydrogen) atoms. The summed E-state index contributed by atoms with van der Waals surface area (Å²) in [5, 5.41) is 2.73. The molecule has 10 heteroatoms. The van der Waals surface area contributed by atoms with Crippen molar-refractivity contribution in [1.29, 1.82) is 0 Å². The zero-order valence-electron chi connectivity index (χ0n) is 19.8. The van der Waals surface area contributed by atoms with Crippen LogP contribution in [-0.2, 0) is 32.8 Å². The largest absolute Gasteiger partial charge is 0.483 e. The Kier molecular flexibility index (Phi) is 7.78. The summed E-state index contributed by atoms with van der Waals surface area (Å²) in [4.78, 5) is 12.6. The van der Waals surface area contributed by atoms with Crippen molar-refractivity contribution in [3.8, 4) is 5.75 Å². The molecule has 0 radical (unpaired) electrons. The standard InChI is InChI=1S/C26H25F4NO4S/c1-4-36(33,34)21-12-5-17(6-13-21)15-24(32)31-19-8-10-20(11-9-19)35-25(2,3)18-7-14-22(23(27)16-18)26(28,29)30/h5-14,16H,4,15H2,1-3H3,(H,31,32). The molecule has 0 unspecified atom stereocenters. The lowest BCUT2D eigenvalue weighted by Crippen LogP contribution is -2.26. The average molecular weight is 524 g/mol. The van der Waals surface area contributed by atoms with Crippen LogP contribution in [0.25, 0.3) is 0 Å². The molecule has 0 saturated carbocycles. The monoisotopic (exact) mass is 523 g/mol. The van der Waals surface area contributed by atoms with Crippen LogP contribution in [0.3, 0.4) is 0 Å². The van der Waals surface area contributed by atoms with Gasteiger partial charge in [-0.05, 0) is 73.5 Å². The van der Waals surface area contributed by atoms with Gasteiger partial charge in [-0.1, -0.05) is 25.1 Å². The van der Waals surface area contributed by atoms with Gasteiger partial charge in [-0.3, -0.25) is 4.79 Å². The third-order valence-electron chi connectivity index (χ3n) is 5.51. The highest BCUT2D eigenvalue weighted by Gasteiger charge is 2.35. The fourth-order valence-corrected chi connectivity index (χ4v) is 4.34. The number of rotatable bonds is 8. The van der Waals surface area contributed by atoms with E-state index in [1.54, 1.807) is 57.2 Å². The van der Waals surface area contributed by atoms with Crippen LogP contribution in [0.1, 0.15) is 37.5 Å². The smallest absolute Gasteiger partial charge is 0.419 e. The molecule has 192 valence electrons. The van der Waals surface area contributed by atoms with E-state index >= 15 is 0 Å². The number of anilines is 1. The van der Waals surface area contributed by atoms with Crippen LogP contribution in [0.5, 0.6) is 5.75 Å². The Balaban J connectivity index is 1.62. The zero-order chi connectivity index (χ0) is 26.7. The molecule has 5 nitrogen and oxygen atoms in total. The molecule has 0 aliphatic rings. The second-order valence-electron chi connectivity index (χ2n) is 8.60. The Morgan fingerprint density at radius 2 is 1.56 bits per heavy atom. The van der Waals surface area contributed by atoms with Crippen LogP contribution in [0.15, 0.2) is 71.6 Å². The lowest BCUT2D eigenvalue weighted by atomic mass is 9.96. The topological polar surface area (TPSA) is 72.5 Å². The predicted octanol–water partition coefficient (Wildman–Crippen LogP) is 6.13. The highest BCUT2D eigenvalue weighted by atomic mass is 32.2. The van der Waals surface area contributed by atoms with Gasteiger partial charge in [0, 0.05) is 5.69 Å². The van der Waals surface area contributed by atoms with Crippen molar-refractivity contribution in [3.05, 3.63) is 89.2 Å². The maximum absolute atomic E-state index is 14.0. The molecule has 1 amide bonds. The molecule has 3 aromatic carbocycles. The van der Waals surface area contributed by atoms with Gasteiger partial charge >= 0.3 is 6.18 Å². The third-order valence-corrected chi connectivity index (χ3v) is 7.26. The number of nitrogens with one attached hydrogen (secondary N) is 1. The predicted molar refractivity (Wildman–Crippen MR) is 128 cm³/mol. The first-order valence-electron chi connectivity index (χ1n) is 11.0. The quantitative estimate of drug-likeness (QED) is 0.361. The van der Waals surface area contributed by atoms with Gasteiger partial charge in [-0.15, -0.1) is 0 Å². The number of alkyl halides is 3. The van der Waals surface area contributed by atoms with Crippen LogP contribution < -0.4 is 10.1 Å². The molecule has 1 N–H and O–H groups in total. The molecule has 3 aromatic rings. The summed E-state index contributed by atoms with van der Waals surface area (Å²) in [6.45, 7) is 4.76. The summed E-state index contributed by atoms with van der Waals surface area (Å²) in [7, 11) is -3.31. The van der Waals surface area contributed by atoms with Crippen LogP contribution in [0.2, 0.25) is 0 Å². The van der Waals surface area contributed by atoms with E-state index in [1.807, 2.05) is 0 Å². The van der Waals surface area contributed by atoms with Crippen molar-refractivity contribution in [2.24, 2.45) is 0 Å². The van der Waals surface area contributed by atoms with Crippen LogP contribution in [0, 0.1) is 5.82 Å². The summed E-state index contributed by atoms with van der Waals surface area (Å²) >= 11 is 0. The van der Waals surface area contributed by atoms with Gasteiger partial charge in [0.05, 0.1) is 22.6 Å². The van der Waals surface area contributed by atoms with E-state index in [4.69, 9.17) is 4.74 Å². The fourth-order valence-electron chi connectivity index (χ4n) is 3.45. The second-order valence-corrected chi connectivity index (χ2v) is 10.9. The number of benzene rings is 3. The number of carbonyl (C=O) groups excluding carboxylic acids is 1. The van der Waals surface area contributed by atoms with Gasteiger partial charge < -0.3 is 10.1 Å². The Labute approximate surface area is 207 Å². The van der Waals surface area contributed by atoms with Crippen molar-refractivity contribution in [2.45, 2.75) is 43.9 Å². The van der Waals surface area contributed by atoms with E-state index in [-0.39, 0.29) is 28.5 Å². The van der Waals surface area contributed by atoms with Crippen molar-refractivity contribution >= 4 is 21.4 Å². The lowest BCUT2D eigenvalue weighted by Gasteiger charge is -2.27. The fraction of sp³-hybridized carbons (Fsp3) is 0.269. The second kappa shape index (κ2) is 10.3. The average Bonchev–Trinajstić information content (AvgIpc) is 2.79. The van der Waals surface area contributed by atoms with Crippen LogP contribution >= 0.6 is 0 Å². The summed E-state index contributed by atoms with van der Waals surface area (Å²) in [6.07, 6.45) is -4.75. The minimum atomic E-state index is -4.78. The van der Waals surface area contributed by atoms with Crippen molar-refractivity contribution in [2.75, 3.05) is 11.1 Å². The van der Waals surface area contributed by atoms with Gasteiger partial charge in [-0.2, -0.15) is 13.2 Å². The molecule has 0 aliphatic heterocycles. The minimum absolute atomic E-state index is 0.00898. The zero-order valence-corrected chi connectivity index (χ0v) is 20.6. The summed E-state index contributed by atoms with van der Waals surface area (Å²) in [5.74, 6) is -1.33. The molecule has 0 saturated heterocycles. The van der Waals surface area contributed by atoms with Crippen molar-refractivity contribution in [1.82, 2.24) is 0 Å². The number of ether oxygens (including phenoxy) is 1. The first kappa shape index (κ1) is 27.2. The highest BCUT2D eigenvalue weighted by molar-refractivity contribution is 7.91. The molecule has 0 aliphatic carbocycles. The Morgan fingerprint density at radius 1 is 0.944 bits per heavy atom. The normalized spacial score (nSPS) is 12.3. The first-order chi connectivity index (χ1) is 16.7. The van der Waals surface area contributed by atoms with Gasteiger partial charge in [0.15, 0.2) is 9.84 Å². The maximum Gasteiger partial charge on any atom is 0.419 e. The van der Waals surface area contributed by atoms with Crippen LogP contribution in [0.4, 0.5) is 23.2 Å². The molecule has 0 spiro atoms. The molecule has 0 heterocycles. The van der Waals surface area contributed by atoms with Gasteiger partial charge in [0.25, 0.3) is 0 Å². The molecular formula is C26H25F4NO4S.